The lowest BCUT2D eigenvalue weighted by atomic mass is 9.94. The van der Waals surface area contributed by atoms with Crippen molar-refractivity contribution in [2.24, 2.45) is 5.92 Å². The van der Waals surface area contributed by atoms with E-state index >= 15 is 0 Å². The van der Waals surface area contributed by atoms with Crippen molar-refractivity contribution >= 4 is 0 Å². The van der Waals surface area contributed by atoms with Crippen LogP contribution in [0.4, 0.5) is 0 Å². The number of hydrogen-bond donors (Lipinski definition) is 1. The Labute approximate surface area is 101 Å². The molecule has 0 heterocycles. The Morgan fingerprint density at radius 2 is 1.94 bits per heavy atom. The van der Waals surface area contributed by atoms with Gasteiger partial charge < -0.3 is 10.1 Å². The second-order valence-corrected chi connectivity index (χ2v) is 5.00. The summed E-state index contributed by atoms with van der Waals surface area (Å²) in [6.45, 7) is 7.34. The standard InChI is InChI=1S/C14H29NO/c1-3-13(10-11-16-4-2)12-15-14-8-6-5-7-9-14/h13-15H,3-12H2,1-2H3/t13-/m0/s1. The summed E-state index contributed by atoms with van der Waals surface area (Å²) in [5.74, 6) is 0.800. The molecule has 0 saturated heterocycles. The lowest BCUT2D eigenvalue weighted by Gasteiger charge is -2.25. The second kappa shape index (κ2) is 9.00. The van der Waals surface area contributed by atoms with E-state index in [1.54, 1.807) is 0 Å². The predicted octanol–water partition coefficient (Wildman–Crippen LogP) is 3.36. The molecule has 0 spiro atoms. The Hall–Kier alpha value is -0.0800. The molecule has 1 aliphatic rings. The second-order valence-electron chi connectivity index (χ2n) is 5.00. The van der Waals surface area contributed by atoms with Crippen LogP contribution in [-0.4, -0.2) is 25.8 Å². The van der Waals surface area contributed by atoms with Gasteiger partial charge in [0.25, 0.3) is 0 Å². The number of rotatable bonds is 8. The predicted molar refractivity (Wildman–Crippen MR) is 69.8 cm³/mol. The van der Waals surface area contributed by atoms with Crippen LogP contribution in [0, 0.1) is 5.92 Å². The van der Waals surface area contributed by atoms with Crippen molar-refractivity contribution in [3.63, 3.8) is 0 Å². The molecule has 1 atom stereocenters. The summed E-state index contributed by atoms with van der Waals surface area (Å²) < 4.78 is 5.43. The highest BCUT2D eigenvalue weighted by atomic mass is 16.5. The highest BCUT2D eigenvalue weighted by Gasteiger charge is 2.14. The van der Waals surface area contributed by atoms with E-state index in [0.29, 0.717) is 0 Å². The molecule has 0 aromatic rings. The van der Waals surface area contributed by atoms with Gasteiger partial charge in [0.1, 0.15) is 0 Å². The van der Waals surface area contributed by atoms with E-state index in [1.165, 1.54) is 51.5 Å². The van der Waals surface area contributed by atoms with E-state index in [-0.39, 0.29) is 0 Å². The fourth-order valence-electron chi connectivity index (χ4n) is 2.48. The highest BCUT2D eigenvalue weighted by Crippen LogP contribution is 2.18. The summed E-state index contributed by atoms with van der Waals surface area (Å²) in [5.41, 5.74) is 0. The first-order valence-corrected chi connectivity index (χ1v) is 7.18. The molecule has 1 rings (SSSR count). The fourth-order valence-corrected chi connectivity index (χ4v) is 2.48. The smallest absolute Gasteiger partial charge is 0.0469 e. The molecule has 0 aromatic heterocycles. The molecule has 0 aliphatic heterocycles. The van der Waals surface area contributed by atoms with E-state index in [1.807, 2.05) is 0 Å². The molecule has 1 N–H and O–H groups in total. The summed E-state index contributed by atoms with van der Waals surface area (Å²) in [5, 5.41) is 3.74. The molecule has 2 nitrogen and oxygen atoms in total. The summed E-state index contributed by atoms with van der Waals surface area (Å²) in [6.07, 6.45) is 9.56. The minimum atomic E-state index is 0.800. The monoisotopic (exact) mass is 227 g/mol. The van der Waals surface area contributed by atoms with Crippen molar-refractivity contribution in [3.05, 3.63) is 0 Å². The van der Waals surface area contributed by atoms with Gasteiger partial charge in [0.15, 0.2) is 0 Å². The lowest BCUT2D eigenvalue weighted by Crippen LogP contribution is -2.35. The normalized spacial score (nSPS) is 19.9. The first-order valence-electron chi connectivity index (χ1n) is 7.18. The van der Waals surface area contributed by atoms with Gasteiger partial charge in [0.05, 0.1) is 0 Å². The third-order valence-electron chi connectivity index (χ3n) is 3.75. The largest absolute Gasteiger partial charge is 0.382 e. The van der Waals surface area contributed by atoms with Crippen LogP contribution in [0.3, 0.4) is 0 Å². The van der Waals surface area contributed by atoms with Crippen LogP contribution in [0.25, 0.3) is 0 Å². The van der Waals surface area contributed by atoms with E-state index in [0.717, 1.165) is 25.2 Å². The summed E-state index contributed by atoms with van der Waals surface area (Å²) >= 11 is 0. The van der Waals surface area contributed by atoms with Crippen LogP contribution >= 0.6 is 0 Å². The zero-order valence-corrected chi connectivity index (χ0v) is 11.1. The summed E-state index contributed by atoms with van der Waals surface area (Å²) in [6, 6.07) is 0.801. The molecule has 0 radical (unpaired) electrons. The van der Waals surface area contributed by atoms with E-state index in [4.69, 9.17) is 4.74 Å². The van der Waals surface area contributed by atoms with Crippen molar-refractivity contribution in [1.29, 1.82) is 0 Å². The molecule has 1 fully saturated rings. The third kappa shape index (κ3) is 5.86. The van der Waals surface area contributed by atoms with Crippen molar-refractivity contribution in [2.75, 3.05) is 19.8 Å². The van der Waals surface area contributed by atoms with Crippen LogP contribution in [0.1, 0.15) is 58.8 Å². The van der Waals surface area contributed by atoms with Crippen molar-refractivity contribution in [3.8, 4) is 0 Å². The fraction of sp³-hybridized carbons (Fsp3) is 1.00. The van der Waals surface area contributed by atoms with Gasteiger partial charge in [0.2, 0.25) is 0 Å². The van der Waals surface area contributed by atoms with E-state index in [9.17, 15) is 0 Å². The topological polar surface area (TPSA) is 21.3 Å². The number of hydrogen-bond acceptors (Lipinski definition) is 2. The Kier molecular flexibility index (Phi) is 7.87. The minimum absolute atomic E-state index is 0.800. The lowest BCUT2D eigenvalue weighted by molar-refractivity contribution is 0.130. The first kappa shape index (κ1) is 14.0. The molecule has 96 valence electrons. The maximum Gasteiger partial charge on any atom is 0.0469 e. The number of ether oxygens (including phenoxy) is 1. The molecular formula is C14H29NO. The molecule has 0 bridgehead atoms. The zero-order chi connectivity index (χ0) is 11.6. The van der Waals surface area contributed by atoms with E-state index in [2.05, 4.69) is 19.2 Å². The first-order chi connectivity index (χ1) is 7.86. The average Bonchev–Trinajstić information content (AvgIpc) is 2.35. The Morgan fingerprint density at radius 1 is 1.19 bits per heavy atom. The van der Waals surface area contributed by atoms with Gasteiger partial charge in [0, 0.05) is 19.3 Å². The molecule has 0 amide bonds. The Morgan fingerprint density at radius 3 is 2.56 bits per heavy atom. The van der Waals surface area contributed by atoms with Crippen LogP contribution in [0.5, 0.6) is 0 Å². The van der Waals surface area contributed by atoms with Crippen molar-refractivity contribution in [2.45, 2.75) is 64.8 Å². The van der Waals surface area contributed by atoms with Gasteiger partial charge in [-0.25, -0.2) is 0 Å². The zero-order valence-electron chi connectivity index (χ0n) is 11.1. The quantitative estimate of drug-likeness (QED) is 0.642. The number of nitrogens with one attached hydrogen (secondary N) is 1. The molecule has 1 aliphatic carbocycles. The van der Waals surface area contributed by atoms with Crippen molar-refractivity contribution in [1.82, 2.24) is 5.32 Å². The molecule has 0 unspecified atom stereocenters. The van der Waals surface area contributed by atoms with E-state index < -0.39 is 0 Å². The van der Waals surface area contributed by atoms with Crippen LogP contribution in [0.2, 0.25) is 0 Å². The van der Waals surface area contributed by atoms with Crippen molar-refractivity contribution < 1.29 is 4.74 Å². The van der Waals surface area contributed by atoms with Crippen LogP contribution in [0.15, 0.2) is 0 Å². The molecule has 16 heavy (non-hydrogen) atoms. The Bertz CT molecular complexity index is 155. The molecule has 0 aromatic carbocycles. The van der Waals surface area contributed by atoms with Crippen LogP contribution in [-0.2, 0) is 4.74 Å². The SMILES string of the molecule is CCOCC[C@H](CC)CNC1CCCCC1. The minimum Gasteiger partial charge on any atom is -0.382 e. The molecular weight excluding hydrogens is 198 g/mol. The van der Waals surface area contributed by atoms with Crippen LogP contribution < -0.4 is 5.32 Å². The summed E-state index contributed by atoms with van der Waals surface area (Å²) in [7, 11) is 0. The highest BCUT2D eigenvalue weighted by molar-refractivity contribution is 4.73. The average molecular weight is 227 g/mol. The Balaban J connectivity index is 2.07. The summed E-state index contributed by atoms with van der Waals surface area (Å²) in [4.78, 5) is 0. The maximum atomic E-state index is 5.43. The third-order valence-corrected chi connectivity index (χ3v) is 3.75. The maximum absolute atomic E-state index is 5.43. The van der Waals surface area contributed by atoms with Gasteiger partial charge in [-0.1, -0.05) is 32.6 Å². The van der Waals surface area contributed by atoms with Gasteiger partial charge in [-0.05, 0) is 38.6 Å². The van der Waals surface area contributed by atoms with Gasteiger partial charge in [-0.3, -0.25) is 0 Å². The van der Waals surface area contributed by atoms with Gasteiger partial charge in [-0.2, -0.15) is 0 Å². The molecule has 1 saturated carbocycles. The molecule has 2 heteroatoms. The van der Waals surface area contributed by atoms with Gasteiger partial charge >= 0.3 is 0 Å². The van der Waals surface area contributed by atoms with Gasteiger partial charge in [-0.15, -0.1) is 0 Å².